The number of rotatable bonds is 6. The smallest absolute Gasteiger partial charge is 0.203 e. The average Bonchev–Trinajstić information content (AvgIpc) is 2.66. The number of aliphatic imine (C=N–C) groups is 1. The Morgan fingerprint density at radius 3 is 2.12 bits per heavy atom. The van der Waals surface area contributed by atoms with Crippen LogP contribution >= 0.6 is 0 Å². The summed E-state index contributed by atoms with van der Waals surface area (Å²) in [6, 6.07) is 7.46. The molecule has 0 spiro atoms. The van der Waals surface area contributed by atoms with Crippen molar-refractivity contribution in [3.8, 4) is 28.7 Å². The van der Waals surface area contributed by atoms with Gasteiger partial charge in [0, 0.05) is 24.2 Å². The lowest BCUT2D eigenvalue weighted by Crippen LogP contribution is -2.15. The Labute approximate surface area is 153 Å². The first-order valence-corrected chi connectivity index (χ1v) is 8.33. The highest BCUT2D eigenvalue weighted by Gasteiger charge is 2.20. The van der Waals surface area contributed by atoms with Crippen molar-refractivity contribution in [2.45, 2.75) is 12.8 Å². The minimum Gasteiger partial charge on any atom is -0.504 e. The minimum atomic E-state index is 0.153. The molecule has 138 valence electrons. The fourth-order valence-corrected chi connectivity index (χ4v) is 3.23. The lowest BCUT2D eigenvalue weighted by Gasteiger charge is -2.20. The summed E-state index contributed by atoms with van der Waals surface area (Å²) >= 11 is 0. The molecule has 0 fully saturated rings. The highest BCUT2D eigenvalue weighted by Crippen LogP contribution is 2.39. The highest BCUT2D eigenvalue weighted by atomic mass is 16.5. The number of phenols is 1. The third-order valence-electron chi connectivity index (χ3n) is 4.50. The summed E-state index contributed by atoms with van der Waals surface area (Å²) in [7, 11) is 6.32. The maximum absolute atomic E-state index is 10.0. The standard InChI is InChI=1S/C20H23NO5/c1-23-17-11-14-13(10-16(17)22)5-6-21-15(14)7-12-8-18(24-2)20(26-4)19(9-12)25-3/h8-11,22H,5-7H2,1-4H3. The van der Waals surface area contributed by atoms with Crippen LogP contribution in [0.1, 0.15) is 16.7 Å². The second-order valence-electron chi connectivity index (χ2n) is 5.97. The molecule has 0 aromatic heterocycles. The Hall–Kier alpha value is -2.89. The predicted octanol–water partition coefficient (Wildman–Crippen LogP) is 3.01. The van der Waals surface area contributed by atoms with E-state index in [1.807, 2.05) is 18.2 Å². The number of hydrogen-bond donors (Lipinski definition) is 1. The van der Waals surface area contributed by atoms with Crippen molar-refractivity contribution in [2.75, 3.05) is 35.0 Å². The van der Waals surface area contributed by atoms with E-state index in [1.165, 1.54) is 0 Å². The summed E-state index contributed by atoms with van der Waals surface area (Å²) in [4.78, 5) is 4.69. The summed E-state index contributed by atoms with van der Waals surface area (Å²) in [6.07, 6.45) is 1.41. The highest BCUT2D eigenvalue weighted by molar-refractivity contribution is 6.04. The monoisotopic (exact) mass is 357 g/mol. The number of hydrogen-bond acceptors (Lipinski definition) is 6. The van der Waals surface area contributed by atoms with Gasteiger partial charge in [-0.1, -0.05) is 0 Å². The van der Waals surface area contributed by atoms with E-state index in [4.69, 9.17) is 23.9 Å². The maximum atomic E-state index is 10.0. The summed E-state index contributed by atoms with van der Waals surface area (Å²) < 4.78 is 21.5. The Morgan fingerprint density at radius 2 is 1.54 bits per heavy atom. The number of phenolic OH excluding ortho intramolecular Hbond substituents is 1. The van der Waals surface area contributed by atoms with E-state index >= 15 is 0 Å². The number of ether oxygens (including phenoxy) is 4. The number of aromatic hydroxyl groups is 1. The van der Waals surface area contributed by atoms with Crippen molar-refractivity contribution in [1.29, 1.82) is 0 Å². The predicted molar refractivity (Wildman–Crippen MR) is 99.6 cm³/mol. The van der Waals surface area contributed by atoms with Crippen molar-refractivity contribution in [3.05, 3.63) is 41.0 Å². The van der Waals surface area contributed by atoms with Crippen LogP contribution in [0.15, 0.2) is 29.3 Å². The summed E-state index contributed by atoms with van der Waals surface area (Å²) in [5.41, 5.74) is 4.01. The lowest BCUT2D eigenvalue weighted by atomic mass is 9.93. The molecule has 1 aliphatic rings. The molecular formula is C20H23NO5. The maximum Gasteiger partial charge on any atom is 0.203 e. The van der Waals surface area contributed by atoms with Crippen molar-refractivity contribution >= 4 is 5.71 Å². The lowest BCUT2D eigenvalue weighted by molar-refractivity contribution is 0.324. The molecule has 0 unspecified atom stereocenters. The van der Waals surface area contributed by atoms with E-state index < -0.39 is 0 Å². The molecule has 0 amide bonds. The minimum absolute atomic E-state index is 0.153. The SMILES string of the molecule is COc1cc2c(cc1O)CCN=C2Cc1cc(OC)c(OC)c(OC)c1. The van der Waals surface area contributed by atoms with Gasteiger partial charge in [-0.15, -0.1) is 0 Å². The van der Waals surface area contributed by atoms with Crippen LogP contribution in [0.5, 0.6) is 28.7 Å². The number of fused-ring (bicyclic) bond motifs is 1. The Morgan fingerprint density at radius 1 is 0.885 bits per heavy atom. The van der Waals surface area contributed by atoms with Crippen molar-refractivity contribution in [1.82, 2.24) is 0 Å². The molecule has 0 bridgehead atoms. The Balaban J connectivity index is 1.99. The largest absolute Gasteiger partial charge is 0.504 e. The van der Waals surface area contributed by atoms with Crippen molar-refractivity contribution < 1.29 is 24.1 Å². The molecule has 6 nitrogen and oxygen atoms in total. The van der Waals surface area contributed by atoms with Gasteiger partial charge in [0.2, 0.25) is 5.75 Å². The van der Waals surface area contributed by atoms with Crippen LogP contribution in [-0.2, 0) is 12.8 Å². The van der Waals surface area contributed by atoms with Gasteiger partial charge in [0.1, 0.15) is 0 Å². The molecule has 0 saturated carbocycles. The second-order valence-corrected chi connectivity index (χ2v) is 5.97. The first kappa shape index (κ1) is 17.9. The molecule has 0 aliphatic carbocycles. The summed E-state index contributed by atoms with van der Waals surface area (Å²) in [5.74, 6) is 2.39. The van der Waals surface area contributed by atoms with Gasteiger partial charge in [-0.25, -0.2) is 0 Å². The fraction of sp³-hybridized carbons (Fsp3) is 0.350. The van der Waals surface area contributed by atoms with E-state index in [1.54, 1.807) is 34.5 Å². The second kappa shape index (κ2) is 7.56. The molecular weight excluding hydrogens is 334 g/mol. The molecule has 1 heterocycles. The Kier molecular flexibility index (Phi) is 5.21. The van der Waals surface area contributed by atoms with Crippen LogP contribution in [0.4, 0.5) is 0 Å². The van der Waals surface area contributed by atoms with Crippen LogP contribution < -0.4 is 18.9 Å². The van der Waals surface area contributed by atoms with E-state index in [-0.39, 0.29) is 5.75 Å². The number of methoxy groups -OCH3 is 4. The topological polar surface area (TPSA) is 69.5 Å². The first-order chi connectivity index (χ1) is 12.6. The zero-order valence-electron chi connectivity index (χ0n) is 15.5. The molecule has 2 aromatic carbocycles. The van der Waals surface area contributed by atoms with Crippen molar-refractivity contribution in [2.24, 2.45) is 4.99 Å². The molecule has 1 N–H and O–H groups in total. The van der Waals surface area contributed by atoms with E-state index in [0.717, 1.165) is 28.8 Å². The van der Waals surface area contributed by atoms with Crippen LogP contribution in [0, 0.1) is 0 Å². The third-order valence-corrected chi connectivity index (χ3v) is 4.50. The molecule has 26 heavy (non-hydrogen) atoms. The van der Waals surface area contributed by atoms with E-state index in [0.29, 0.717) is 36.0 Å². The van der Waals surface area contributed by atoms with Gasteiger partial charge in [0.05, 0.1) is 28.4 Å². The molecule has 2 aromatic rings. The molecule has 0 saturated heterocycles. The van der Waals surface area contributed by atoms with Crippen molar-refractivity contribution in [3.63, 3.8) is 0 Å². The first-order valence-electron chi connectivity index (χ1n) is 8.33. The van der Waals surface area contributed by atoms with Crippen LogP contribution in [0.3, 0.4) is 0 Å². The van der Waals surface area contributed by atoms with Crippen LogP contribution in [0.25, 0.3) is 0 Å². The summed E-state index contributed by atoms with van der Waals surface area (Å²) in [6.45, 7) is 0.693. The molecule has 1 aliphatic heterocycles. The normalized spacial score (nSPS) is 12.8. The van der Waals surface area contributed by atoms with E-state index in [2.05, 4.69) is 0 Å². The van der Waals surface area contributed by atoms with Gasteiger partial charge in [0.25, 0.3) is 0 Å². The quantitative estimate of drug-likeness (QED) is 0.861. The Bertz CT molecular complexity index is 819. The van der Waals surface area contributed by atoms with Crippen LogP contribution in [-0.4, -0.2) is 45.8 Å². The third kappa shape index (κ3) is 3.27. The van der Waals surface area contributed by atoms with Gasteiger partial charge in [-0.3, -0.25) is 4.99 Å². The average molecular weight is 357 g/mol. The molecule has 0 radical (unpaired) electrons. The van der Waals surface area contributed by atoms with Gasteiger partial charge >= 0.3 is 0 Å². The number of benzene rings is 2. The van der Waals surface area contributed by atoms with Gasteiger partial charge in [-0.2, -0.15) is 0 Å². The number of nitrogens with zero attached hydrogens (tertiary/aromatic N) is 1. The zero-order valence-corrected chi connectivity index (χ0v) is 15.5. The summed E-state index contributed by atoms with van der Waals surface area (Å²) in [5, 5.41) is 10.0. The van der Waals surface area contributed by atoms with Gasteiger partial charge < -0.3 is 24.1 Å². The molecule has 6 heteroatoms. The van der Waals surface area contributed by atoms with Gasteiger partial charge in [-0.05, 0) is 41.8 Å². The van der Waals surface area contributed by atoms with Gasteiger partial charge in [0.15, 0.2) is 23.0 Å². The van der Waals surface area contributed by atoms with Crippen LogP contribution in [0.2, 0.25) is 0 Å². The molecule has 0 atom stereocenters. The molecule has 3 rings (SSSR count). The van der Waals surface area contributed by atoms with E-state index in [9.17, 15) is 5.11 Å². The zero-order chi connectivity index (χ0) is 18.7. The fourth-order valence-electron chi connectivity index (χ4n) is 3.23.